The van der Waals surface area contributed by atoms with Crippen molar-refractivity contribution in [2.75, 3.05) is 12.5 Å². The minimum atomic E-state index is -0.667. The summed E-state index contributed by atoms with van der Waals surface area (Å²) in [5.74, 6) is -0.667. The van der Waals surface area contributed by atoms with E-state index in [0.29, 0.717) is 0 Å². The van der Waals surface area contributed by atoms with Gasteiger partial charge in [0.2, 0.25) is 5.17 Å². The van der Waals surface area contributed by atoms with Gasteiger partial charge in [-0.05, 0) is 24.1 Å². The number of halogens is 1. The fraction of sp³-hybridized carbons (Fsp3) is 0.273. The molecule has 0 radical (unpaired) electrons. The van der Waals surface area contributed by atoms with Gasteiger partial charge < -0.3 is 4.74 Å². The van der Waals surface area contributed by atoms with Crippen LogP contribution in [0.4, 0.5) is 5.69 Å². The van der Waals surface area contributed by atoms with Gasteiger partial charge in [-0.1, -0.05) is 30.7 Å². The monoisotopic (exact) mass is 240 g/mol. The van der Waals surface area contributed by atoms with Crippen LogP contribution in [0.15, 0.2) is 29.4 Å². The second-order valence-electron chi connectivity index (χ2n) is 3.06. The number of rotatable bonds is 4. The third kappa shape index (κ3) is 3.55. The van der Waals surface area contributed by atoms with Gasteiger partial charge in [-0.3, -0.25) is 5.43 Å². The molecule has 1 rings (SSSR count). The molecule has 0 atom stereocenters. The number of nitrogens with zero attached hydrogens (tertiary/aromatic N) is 1. The van der Waals surface area contributed by atoms with Gasteiger partial charge in [-0.2, -0.15) is 5.10 Å². The number of esters is 1. The van der Waals surface area contributed by atoms with Gasteiger partial charge in [0.05, 0.1) is 12.8 Å². The van der Waals surface area contributed by atoms with E-state index >= 15 is 0 Å². The van der Waals surface area contributed by atoms with E-state index < -0.39 is 5.97 Å². The number of aryl methyl sites for hydroxylation is 1. The van der Waals surface area contributed by atoms with Crippen LogP contribution in [-0.2, 0) is 16.0 Å². The van der Waals surface area contributed by atoms with E-state index in [2.05, 4.69) is 22.2 Å². The minimum absolute atomic E-state index is 0.234. The summed E-state index contributed by atoms with van der Waals surface area (Å²) in [6.45, 7) is 2.08. The summed E-state index contributed by atoms with van der Waals surface area (Å²) in [4.78, 5) is 10.9. The molecule has 1 aromatic carbocycles. The highest BCUT2D eigenvalue weighted by Crippen LogP contribution is 2.10. The van der Waals surface area contributed by atoms with Crippen LogP contribution in [0.25, 0.3) is 0 Å². The topological polar surface area (TPSA) is 50.7 Å². The Morgan fingerprint density at radius 3 is 2.56 bits per heavy atom. The molecule has 16 heavy (non-hydrogen) atoms. The van der Waals surface area contributed by atoms with Gasteiger partial charge in [0.1, 0.15) is 0 Å². The van der Waals surface area contributed by atoms with Crippen LogP contribution in [0, 0.1) is 0 Å². The Hall–Kier alpha value is -1.55. The van der Waals surface area contributed by atoms with E-state index in [9.17, 15) is 4.79 Å². The number of carbonyl (C=O) groups excluding carboxylic acids is 1. The van der Waals surface area contributed by atoms with Crippen molar-refractivity contribution in [1.29, 1.82) is 0 Å². The number of hydrazone groups is 1. The van der Waals surface area contributed by atoms with Crippen molar-refractivity contribution in [3.8, 4) is 0 Å². The normalized spacial score (nSPS) is 11.1. The molecule has 4 nitrogen and oxygen atoms in total. The van der Waals surface area contributed by atoms with Crippen LogP contribution < -0.4 is 5.43 Å². The van der Waals surface area contributed by atoms with Crippen molar-refractivity contribution in [1.82, 2.24) is 0 Å². The lowest BCUT2D eigenvalue weighted by atomic mass is 10.2. The molecule has 0 heterocycles. The first-order valence-corrected chi connectivity index (χ1v) is 5.21. The molecule has 1 N–H and O–H groups in total. The van der Waals surface area contributed by atoms with Crippen LogP contribution >= 0.6 is 11.6 Å². The highest BCUT2D eigenvalue weighted by Gasteiger charge is 2.07. The molecule has 86 valence electrons. The molecule has 1 aromatic rings. The first kappa shape index (κ1) is 12.5. The molecular formula is C11H13ClN2O2. The highest BCUT2D eigenvalue weighted by molar-refractivity contribution is 6.82. The van der Waals surface area contributed by atoms with Crippen LogP contribution in [0.3, 0.4) is 0 Å². The third-order valence-electron chi connectivity index (χ3n) is 2.00. The summed E-state index contributed by atoms with van der Waals surface area (Å²) in [6.07, 6.45) is 0.979. The summed E-state index contributed by atoms with van der Waals surface area (Å²) < 4.78 is 4.40. The Kier molecular flexibility index (Phi) is 4.79. The second-order valence-corrected chi connectivity index (χ2v) is 3.41. The molecule has 0 unspecified atom stereocenters. The molecule has 0 spiro atoms. The molecule has 0 bridgehead atoms. The van der Waals surface area contributed by atoms with E-state index in [0.717, 1.165) is 12.1 Å². The van der Waals surface area contributed by atoms with Gasteiger partial charge in [-0.25, -0.2) is 4.79 Å². The second kappa shape index (κ2) is 6.12. The highest BCUT2D eigenvalue weighted by atomic mass is 35.5. The zero-order chi connectivity index (χ0) is 12.0. The van der Waals surface area contributed by atoms with Gasteiger partial charge in [0, 0.05) is 0 Å². The zero-order valence-corrected chi connectivity index (χ0v) is 9.91. The quantitative estimate of drug-likeness (QED) is 0.500. The number of hydrogen-bond acceptors (Lipinski definition) is 4. The van der Waals surface area contributed by atoms with E-state index in [1.54, 1.807) is 0 Å². The van der Waals surface area contributed by atoms with Crippen LogP contribution in [0.1, 0.15) is 12.5 Å². The number of ether oxygens (including phenoxy) is 1. The largest absolute Gasteiger partial charge is 0.464 e. The molecule has 0 aromatic heterocycles. The first-order valence-electron chi connectivity index (χ1n) is 4.83. The van der Waals surface area contributed by atoms with Crippen LogP contribution in [0.5, 0.6) is 0 Å². The Morgan fingerprint density at radius 1 is 1.44 bits per heavy atom. The Labute approximate surface area is 99.2 Å². The Balaban J connectivity index is 2.63. The molecule has 0 aliphatic heterocycles. The fourth-order valence-electron chi connectivity index (χ4n) is 1.06. The summed E-state index contributed by atoms with van der Waals surface area (Å²) in [6, 6.07) is 7.68. The molecule has 0 aliphatic rings. The SMILES string of the molecule is CCc1ccc(N/N=C(\Cl)C(=O)OC)cc1. The molecule has 0 amide bonds. The van der Waals surface area contributed by atoms with E-state index in [1.807, 2.05) is 24.3 Å². The van der Waals surface area contributed by atoms with Crippen LogP contribution in [-0.4, -0.2) is 18.2 Å². The smallest absolute Gasteiger partial charge is 0.370 e. The number of methoxy groups -OCH3 is 1. The van der Waals surface area contributed by atoms with Gasteiger partial charge >= 0.3 is 5.97 Å². The number of hydrogen-bond donors (Lipinski definition) is 1. The predicted octanol–water partition coefficient (Wildman–Crippen LogP) is 2.39. The van der Waals surface area contributed by atoms with Crippen molar-refractivity contribution >= 4 is 28.4 Å². The molecule has 0 fully saturated rings. The van der Waals surface area contributed by atoms with Gasteiger partial charge in [0.15, 0.2) is 0 Å². The number of carbonyl (C=O) groups is 1. The Morgan fingerprint density at radius 2 is 2.06 bits per heavy atom. The summed E-state index contributed by atoms with van der Waals surface area (Å²) in [5, 5.41) is 3.44. The van der Waals surface area contributed by atoms with Crippen LogP contribution in [0.2, 0.25) is 0 Å². The van der Waals surface area contributed by atoms with Gasteiger partial charge in [-0.15, -0.1) is 0 Å². The van der Waals surface area contributed by atoms with E-state index in [1.165, 1.54) is 12.7 Å². The average Bonchev–Trinajstić information content (AvgIpc) is 2.35. The van der Waals surface area contributed by atoms with E-state index in [-0.39, 0.29) is 5.17 Å². The lowest BCUT2D eigenvalue weighted by Crippen LogP contribution is -2.11. The molecule has 0 aliphatic carbocycles. The van der Waals surface area contributed by atoms with E-state index in [4.69, 9.17) is 11.6 Å². The maximum Gasteiger partial charge on any atom is 0.370 e. The third-order valence-corrected chi connectivity index (χ3v) is 2.24. The van der Waals surface area contributed by atoms with Gasteiger partial charge in [0.25, 0.3) is 0 Å². The first-order chi connectivity index (χ1) is 7.67. The summed E-state index contributed by atoms with van der Waals surface area (Å²) in [5.41, 5.74) is 4.66. The molecule has 0 saturated carbocycles. The maximum atomic E-state index is 10.9. The number of nitrogens with one attached hydrogen (secondary N) is 1. The van der Waals surface area contributed by atoms with Crippen molar-refractivity contribution in [3.63, 3.8) is 0 Å². The van der Waals surface area contributed by atoms with Crippen molar-refractivity contribution < 1.29 is 9.53 Å². The summed E-state index contributed by atoms with van der Waals surface area (Å²) >= 11 is 5.55. The number of anilines is 1. The minimum Gasteiger partial charge on any atom is -0.464 e. The summed E-state index contributed by atoms with van der Waals surface area (Å²) in [7, 11) is 1.25. The maximum absolute atomic E-state index is 10.9. The number of benzene rings is 1. The predicted molar refractivity (Wildman–Crippen MR) is 64.7 cm³/mol. The van der Waals surface area contributed by atoms with Crippen molar-refractivity contribution in [3.05, 3.63) is 29.8 Å². The standard InChI is InChI=1S/C11H13ClN2O2/c1-3-8-4-6-9(7-5-8)13-14-10(12)11(15)16-2/h4-7,13H,3H2,1-2H3/b14-10-. The molecule has 0 saturated heterocycles. The fourth-order valence-corrected chi connectivity index (χ4v) is 1.18. The lowest BCUT2D eigenvalue weighted by Gasteiger charge is -2.02. The van der Waals surface area contributed by atoms with Crippen molar-refractivity contribution in [2.24, 2.45) is 5.10 Å². The molecule has 5 heteroatoms. The Bertz CT molecular complexity index is 387. The lowest BCUT2D eigenvalue weighted by molar-refractivity contribution is -0.132. The molecular weight excluding hydrogens is 228 g/mol. The average molecular weight is 241 g/mol. The van der Waals surface area contributed by atoms with Crippen molar-refractivity contribution in [2.45, 2.75) is 13.3 Å². The zero-order valence-electron chi connectivity index (χ0n) is 9.16.